The molecule has 0 aliphatic heterocycles. The Morgan fingerprint density at radius 3 is 1.89 bits per heavy atom. The molecule has 0 spiro atoms. The third kappa shape index (κ3) is 6.81. The SMILES string of the molecule is CC(C)[Si](C(C)C)(C(C)C)n1cc(CN(C)C)c2c(NC(=O)OC(C)(C)C)c(C(=O)NC(C)(C)C)ccc21. The Morgan fingerprint density at radius 1 is 0.947 bits per heavy atom. The Morgan fingerprint density at radius 2 is 1.47 bits per heavy atom. The Hall–Kier alpha value is -2.32. The van der Waals surface area contributed by atoms with E-state index in [1.54, 1.807) is 0 Å². The summed E-state index contributed by atoms with van der Waals surface area (Å²) < 4.78 is 8.19. The molecule has 0 bridgehead atoms. The van der Waals surface area contributed by atoms with Crippen LogP contribution in [0, 0.1) is 0 Å². The van der Waals surface area contributed by atoms with Crippen LogP contribution in [-0.4, -0.2) is 54.6 Å². The lowest BCUT2D eigenvalue weighted by molar-refractivity contribution is 0.0636. The second kappa shape index (κ2) is 11.4. The number of hydrogen-bond acceptors (Lipinski definition) is 4. The van der Waals surface area contributed by atoms with Gasteiger partial charge in [0.2, 0.25) is 0 Å². The second-order valence-electron chi connectivity index (χ2n) is 13.8. The molecule has 0 aliphatic carbocycles. The number of amides is 2. The van der Waals surface area contributed by atoms with Crippen molar-refractivity contribution < 1.29 is 14.3 Å². The number of aromatic nitrogens is 1. The van der Waals surface area contributed by atoms with E-state index in [1.807, 2.05) is 61.7 Å². The number of carbonyl (C=O) groups excluding carboxylic acids is 2. The van der Waals surface area contributed by atoms with E-state index in [-0.39, 0.29) is 5.91 Å². The molecule has 1 heterocycles. The molecule has 0 atom stereocenters. The quantitative estimate of drug-likeness (QED) is 0.336. The molecule has 2 amide bonds. The summed E-state index contributed by atoms with van der Waals surface area (Å²) in [5.74, 6) is -0.228. The highest BCUT2D eigenvalue weighted by Crippen LogP contribution is 2.46. The number of rotatable bonds is 8. The monoisotopic (exact) mass is 544 g/mol. The molecule has 0 saturated heterocycles. The third-order valence-electron chi connectivity index (χ3n) is 7.09. The van der Waals surface area contributed by atoms with E-state index < -0.39 is 25.5 Å². The van der Waals surface area contributed by atoms with Gasteiger partial charge in [0.15, 0.2) is 8.24 Å². The molecule has 214 valence electrons. The molecule has 2 N–H and O–H groups in total. The highest BCUT2D eigenvalue weighted by molar-refractivity contribution is 6.82. The van der Waals surface area contributed by atoms with Gasteiger partial charge in [0.1, 0.15) is 5.60 Å². The predicted molar refractivity (Wildman–Crippen MR) is 163 cm³/mol. The molecule has 0 saturated carbocycles. The number of nitrogens with one attached hydrogen (secondary N) is 2. The Labute approximate surface area is 231 Å². The summed E-state index contributed by atoms with van der Waals surface area (Å²) in [6.07, 6.45) is 1.72. The molecule has 38 heavy (non-hydrogen) atoms. The normalized spacial score (nSPS) is 13.2. The summed E-state index contributed by atoms with van der Waals surface area (Å²) >= 11 is 0. The van der Waals surface area contributed by atoms with Crippen LogP contribution >= 0.6 is 0 Å². The number of carbonyl (C=O) groups is 2. The van der Waals surface area contributed by atoms with Crippen molar-refractivity contribution in [3.05, 3.63) is 29.5 Å². The lowest BCUT2D eigenvalue weighted by Gasteiger charge is -2.44. The van der Waals surface area contributed by atoms with Crippen LogP contribution in [0.4, 0.5) is 10.5 Å². The molecule has 1 aromatic carbocycles. The maximum atomic E-state index is 13.5. The van der Waals surface area contributed by atoms with E-state index in [0.29, 0.717) is 34.4 Å². The molecule has 0 fully saturated rings. The van der Waals surface area contributed by atoms with Gasteiger partial charge in [0, 0.05) is 29.2 Å². The van der Waals surface area contributed by atoms with E-state index in [9.17, 15) is 9.59 Å². The fourth-order valence-electron chi connectivity index (χ4n) is 6.16. The van der Waals surface area contributed by atoms with Gasteiger partial charge in [-0.1, -0.05) is 41.5 Å². The predicted octanol–water partition coefficient (Wildman–Crippen LogP) is 7.60. The fraction of sp³-hybridized carbons (Fsp3) is 0.667. The lowest BCUT2D eigenvalue weighted by atomic mass is 10.0. The van der Waals surface area contributed by atoms with Gasteiger partial charge in [0.05, 0.1) is 11.3 Å². The van der Waals surface area contributed by atoms with Crippen LogP contribution in [0.5, 0.6) is 0 Å². The van der Waals surface area contributed by atoms with E-state index in [2.05, 4.69) is 73.6 Å². The highest BCUT2D eigenvalue weighted by atomic mass is 28.3. The van der Waals surface area contributed by atoms with Crippen LogP contribution in [0.15, 0.2) is 18.3 Å². The number of fused-ring (bicyclic) bond motifs is 1. The molecule has 2 aromatic rings. The maximum Gasteiger partial charge on any atom is 0.412 e. The van der Waals surface area contributed by atoms with Crippen molar-refractivity contribution in [3.63, 3.8) is 0 Å². The summed E-state index contributed by atoms with van der Waals surface area (Å²) in [5.41, 5.74) is 3.43. The Bertz CT molecular complexity index is 1130. The van der Waals surface area contributed by atoms with Crippen molar-refractivity contribution in [1.29, 1.82) is 0 Å². The van der Waals surface area contributed by atoms with Crippen molar-refractivity contribution in [2.24, 2.45) is 0 Å². The third-order valence-corrected chi connectivity index (χ3v) is 13.8. The molecule has 0 aliphatic rings. The zero-order valence-electron chi connectivity index (χ0n) is 26.3. The zero-order chi connectivity index (χ0) is 29.4. The number of hydrogen-bond donors (Lipinski definition) is 2. The Kier molecular flexibility index (Phi) is 9.59. The van der Waals surface area contributed by atoms with E-state index in [0.717, 1.165) is 16.5 Å². The summed E-state index contributed by atoms with van der Waals surface area (Å²) in [4.78, 5) is 28.8. The van der Waals surface area contributed by atoms with Crippen molar-refractivity contribution in [2.75, 3.05) is 19.4 Å². The van der Waals surface area contributed by atoms with Gasteiger partial charge in [-0.25, -0.2) is 4.79 Å². The van der Waals surface area contributed by atoms with Gasteiger partial charge < -0.3 is 19.2 Å². The summed E-state index contributed by atoms with van der Waals surface area (Å²) in [7, 11) is 1.95. The molecule has 1 aromatic heterocycles. The molecule has 2 rings (SSSR count). The van der Waals surface area contributed by atoms with Crippen LogP contribution in [0.1, 0.15) is 99.0 Å². The largest absolute Gasteiger partial charge is 0.444 e. The minimum Gasteiger partial charge on any atom is -0.444 e. The molecular weight excluding hydrogens is 492 g/mol. The Balaban J connectivity index is 3.02. The van der Waals surface area contributed by atoms with Crippen molar-refractivity contribution >= 4 is 36.8 Å². The zero-order valence-corrected chi connectivity index (χ0v) is 27.3. The number of nitrogens with zero attached hydrogens (tertiary/aromatic N) is 2. The van der Waals surface area contributed by atoms with Crippen LogP contribution in [0.25, 0.3) is 10.9 Å². The van der Waals surface area contributed by atoms with E-state index in [1.165, 1.54) is 0 Å². The first-order valence-electron chi connectivity index (χ1n) is 13.9. The molecule has 0 unspecified atom stereocenters. The number of benzene rings is 1. The van der Waals surface area contributed by atoms with Crippen LogP contribution in [-0.2, 0) is 11.3 Å². The van der Waals surface area contributed by atoms with Crippen molar-refractivity contribution in [3.8, 4) is 0 Å². The smallest absolute Gasteiger partial charge is 0.412 e. The summed E-state index contributed by atoms with van der Waals surface area (Å²) in [6, 6.07) is 3.92. The summed E-state index contributed by atoms with van der Waals surface area (Å²) in [5, 5.41) is 6.99. The van der Waals surface area contributed by atoms with Gasteiger partial charge in [-0.05, 0) is 90.0 Å². The van der Waals surface area contributed by atoms with Crippen molar-refractivity contribution in [2.45, 2.75) is 117 Å². The lowest BCUT2D eigenvalue weighted by Crippen LogP contribution is -2.51. The van der Waals surface area contributed by atoms with Gasteiger partial charge in [-0.3, -0.25) is 10.1 Å². The molecule has 7 nitrogen and oxygen atoms in total. The highest BCUT2D eigenvalue weighted by Gasteiger charge is 2.46. The number of ether oxygens (including phenoxy) is 1. The summed E-state index contributed by atoms with van der Waals surface area (Å²) in [6.45, 7) is 26.1. The second-order valence-corrected chi connectivity index (χ2v) is 19.5. The topological polar surface area (TPSA) is 75.6 Å². The average Bonchev–Trinajstić information content (AvgIpc) is 3.03. The molecule has 0 radical (unpaired) electrons. The van der Waals surface area contributed by atoms with Gasteiger partial charge in [0.25, 0.3) is 5.91 Å². The van der Waals surface area contributed by atoms with Gasteiger partial charge in [-0.2, -0.15) is 0 Å². The van der Waals surface area contributed by atoms with E-state index >= 15 is 0 Å². The van der Waals surface area contributed by atoms with Crippen molar-refractivity contribution in [1.82, 2.24) is 14.4 Å². The first-order valence-corrected chi connectivity index (χ1v) is 16.0. The molecule has 8 heteroatoms. The average molecular weight is 545 g/mol. The van der Waals surface area contributed by atoms with Crippen LogP contribution in [0.2, 0.25) is 16.6 Å². The first kappa shape index (κ1) is 31.9. The van der Waals surface area contributed by atoms with Gasteiger partial charge in [-0.15, -0.1) is 0 Å². The maximum absolute atomic E-state index is 13.5. The first-order chi connectivity index (χ1) is 17.2. The van der Waals surface area contributed by atoms with E-state index in [4.69, 9.17) is 4.74 Å². The minimum absolute atomic E-state index is 0.228. The number of anilines is 1. The fourth-order valence-corrected chi connectivity index (χ4v) is 12.8. The minimum atomic E-state index is -2.13. The molecular formula is C30H52N4O3Si. The van der Waals surface area contributed by atoms with Gasteiger partial charge >= 0.3 is 6.09 Å². The van der Waals surface area contributed by atoms with Crippen LogP contribution in [0.3, 0.4) is 0 Å². The van der Waals surface area contributed by atoms with Crippen LogP contribution < -0.4 is 10.6 Å². The standard InChI is InChI=1S/C30H52N4O3Si/c1-19(2)38(20(3)4,21(5)6)34-18-22(17-33(13)14)25-24(34)16-15-23(27(35)32-29(7,8)9)26(25)31-28(36)37-30(10,11)12/h15-16,18-21H,17H2,1-14H3,(H,31,36)(H,32,35).